The minimum Gasteiger partial charge on any atom is -0.387 e. The lowest BCUT2D eigenvalue weighted by Crippen LogP contribution is -2.33. The Morgan fingerprint density at radius 3 is 2.50 bits per heavy atom. The van der Waals surface area contributed by atoms with Gasteiger partial charge in [-0.3, -0.25) is 4.90 Å². The zero-order valence-electron chi connectivity index (χ0n) is 13.8. The average Bonchev–Trinajstić information content (AvgIpc) is 2.88. The minimum absolute atomic E-state index is 0.454. The van der Waals surface area contributed by atoms with Crippen LogP contribution in [0, 0.1) is 11.3 Å². The normalized spacial score (nSPS) is 17.1. The summed E-state index contributed by atoms with van der Waals surface area (Å²) in [6.45, 7) is 4.33. The first-order valence-electron chi connectivity index (χ1n) is 8.47. The lowest BCUT2D eigenvalue weighted by Gasteiger charge is -2.25. The molecule has 1 heterocycles. The van der Waals surface area contributed by atoms with Crippen molar-refractivity contribution in [3.8, 4) is 6.07 Å². The monoisotopic (exact) mass is 321 g/mol. The van der Waals surface area contributed by atoms with Crippen LogP contribution >= 0.6 is 0 Å². The Kier molecular flexibility index (Phi) is 5.47. The number of aliphatic hydroxyl groups excluding tert-OH is 1. The number of hydrogen-bond donors (Lipinski definition) is 1. The fourth-order valence-corrected chi connectivity index (χ4v) is 3.26. The van der Waals surface area contributed by atoms with Crippen LogP contribution in [0.25, 0.3) is 0 Å². The Morgan fingerprint density at radius 1 is 0.958 bits per heavy atom. The number of β-amino-alcohol motifs (C(OH)–C–C–N with tert-alkyl or cyclic N) is 1. The van der Waals surface area contributed by atoms with E-state index in [1.807, 2.05) is 54.6 Å². The zero-order chi connectivity index (χ0) is 16.8. The Bertz CT molecular complexity index is 696. The van der Waals surface area contributed by atoms with Crippen molar-refractivity contribution in [2.24, 2.45) is 0 Å². The van der Waals surface area contributed by atoms with Crippen molar-refractivity contribution in [2.75, 3.05) is 37.6 Å². The first-order chi connectivity index (χ1) is 11.8. The first-order valence-corrected chi connectivity index (χ1v) is 8.47. The molecule has 1 N–H and O–H groups in total. The average molecular weight is 321 g/mol. The Balaban J connectivity index is 1.62. The number of aliphatic hydroxyl groups is 1. The van der Waals surface area contributed by atoms with E-state index in [0.717, 1.165) is 49.4 Å². The summed E-state index contributed by atoms with van der Waals surface area (Å²) in [5, 5.41) is 19.7. The molecule has 4 heteroatoms. The molecule has 1 fully saturated rings. The fraction of sp³-hybridized carbons (Fsp3) is 0.350. The van der Waals surface area contributed by atoms with E-state index in [2.05, 4.69) is 15.9 Å². The molecule has 2 aromatic carbocycles. The molecule has 2 aromatic rings. The van der Waals surface area contributed by atoms with Crippen LogP contribution in [0.4, 0.5) is 5.69 Å². The highest BCUT2D eigenvalue weighted by Crippen LogP contribution is 2.22. The van der Waals surface area contributed by atoms with E-state index in [0.29, 0.717) is 6.54 Å². The number of nitrogens with zero attached hydrogens (tertiary/aromatic N) is 3. The van der Waals surface area contributed by atoms with Crippen molar-refractivity contribution in [1.82, 2.24) is 4.90 Å². The molecule has 0 saturated carbocycles. The maximum absolute atomic E-state index is 10.4. The van der Waals surface area contributed by atoms with E-state index < -0.39 is 6.10 Å². The number of para-hydroxylation sites is 1. The standard InChI is InChI=1S/C20H23N3O/c21-15-18-9-4-5-10-19(18)23-12-6-11-22(13-14-23)16-20(24)17-7-2-1-3-8-17/h1-5,7-10,20,24H,6,11-14,16H2. The Hall–Kier alpha value is -2.35. The topological polar surface area (TPSA) is 50.5 Å². The van der Waals surface area contributed by atoms with Crippen molar-refractivity contribution >= 4 is 5.69 Å². The minimum atomic E-state index is -0.454. The maximum atomic E-state index is 10.4. The zero-order valence-corrected chi connectivity index (χ0v) is 13.8. The molecular formula is C20H23N3O. The van der Waals surface area contributed by atoms with E-state index >= 15 is 0 Å². The van der Waals surface area contributed by atoms with Gasteiger partial charge in [0.1, 0.15) is 6.07 Å². The van der Waals surface area contributed by atoms with Crippen molar-refractivity contribution < 1.29 is 5.11 Å². The Labute approximate surface area is 143 Å². The summed E-state index contributed by atoms with van der Waals surface area (Å²) < 4.78 is 0. The third kappa shape index (κ3) is 3.94. The molecule has 0 bridgehead atoms. The predicted molar refractivity (Wildman–Crippen MR) is 95.8 cm³/mol. The van der Waals surface area contributed by atoms with Crippen LogP contribution < -0.4 is 4.90 Å². The van der Waals surface area contributed by atoms with Crippen LogP contribution in [0.3, 0.4) is 0 Å². The van der Waals surface area contributed by atoms with Crippen LogP contribution in [-0.4, -0.2) is 42.7 Å². The maximum Gasteiger partial charge on any atom is 0.101 e. The number of hydrogen-bond acceptors (Lipinski definition) is 4. The molecule has 1 saturated heterocycles. The lowest BCUT2D eigenvalue weighted by atomic mass is 10.1. The van der Waals surface area contributed by atoms with Gasteiger partial charge in [0.05, 0.1) is 17.4 Å². The van der Waals surface area contributed by atoms with E-state index in [9.17, 15) is 10.4 Å². The number of benzene rings is 2. The summed E-state index contributed by atoms with van der Waals surface area (Å²) in [6, 6.07) is 19.9. The molecule has 4 nitrogen and oxygen atoms in total. The second-order valence-corrected chi connectivity index (χ2v) is 6.20. The van der Waals surface area contributed by atoms with Gasteiger partial charge in [0.2, 0.25) is 0 Å². The number of rotatable bonds is 4. The van der Waals surface area contributed by atoms with Gasteiger partial charge in [0.25, 0.3) is 0 Å². The van der Waals surface area contributed by atoms with E-state index in [4.69, 9.17) is 0 Å². The van der Waals surface area contributed by atoms with E-state index in [1.54, 1.807) is 0 Å². The molecule has 24 heavy (non-hydrogen) atoms. The predicted octanol–water partition coefficient (Wildman–Crippen LogP) is 2.80. The molecule has 1 unspecified atom stereocenters. The number of anilines is 1. The molecule has 1 atom stereocenters. The molecule has 0 spiro atoms. The van der Waals surface area contributed by atoms with Crippen molar-refractivity contribution in [3.05, 3.63) is 65.7 Å². The highest BCUT2D eigenvalue weighted by atomic mass is 16.3. The van der Waals surface area contributed by atoms with Crippen LogP contribution in [0.15, 0.2) is 54.6 Å². The van der Waals surface area contributed by atoms with Crippen molar-refractivity contribution in [3.63, 3.8) is 0 Å². The smallest absolute Gasteiger partial charge is 0.101 e. The molecule has 0 radical (unpaired) electrons. The molecule has 1 aliphatic rings. The third-order valence-electron chi connectivity index (χ3n) is 4.57. The highest BCUT2D eigenvalue weighted by Gasteiger charge is 2.19. The van der Waals surface area contributed by atoms with Gasteiger partial charge in [0, 0.05) is 32.7 Å². The molecule has 0 aromatic heterocycles. The summed E-state index contributed by atoms with van der Waals surface area (Å²) in [5.41, 5.74) is 2.72. The number of nitriles is 1. The van der Waals surface area contributed by atoms with Crippen LogP contribution in [0.2, 0.25) is 0 Å². The second-order valence-electron chi connectivity index (χ2n) is 6.20. The van der Waals surface area contributed by atoms with E-state index in [-0.39, 0.29) is 0 Å². The largest absolute Gasteiger partial charge is 0.387 e. The lowest BCUT2D eigenvalue weighted by molar-refractivity contribution is 0.117. The summed E-state index contributed by atoms with van der Waals surface area (Å²) in [5.74, 6) is 0. The second kappa shape index (κ2) is 7.96. The van der Waals surface area contributed by atoms with Crippen LogP contribution in [0.1, 0.15) is 23.7 Å². The van der Waals surface area contributed by atoms with Gasteiger partial charge in [-0.2, -0.15) is 5.26 Å². The van der Waals surface area contributed by atoms with Gasteiger partial charge in [-0.1, -0.05) is 42.5 Å². The van der Waals surface area contributed by atoms with Gasteiger partial charge in [0.15, 0.2) is 0 Å². The van der Waals surface area contributed by atoms with Crippen LogP contribution in [-0.2, 0) is 0 Å². The van der Waals surface area contributed by atoms with Crippen molar-refractivity contribution in [1.29, 1.82) is 5.26 Å². The summed E-state index contributed by atoms with van der Waals surface area (Å²) in [7, 11) is 0. The van der Waals surface area contributed by atoms with Crippen LogP contribution in [0.5, 0.6) is 0 Å². The summed E-state index contributed by atoms with van der Waals surface area (Å²) in [4.78, 5) is 4.60. The summed E-state index contributed by atoms with van der Waals surface area (Å²) >= 11 is 0. The van der Waals surface area contributed by atoms with Gasteiger partial charge in [-0.25, -0.2) is 0 Å². The van der Waals surface area contributed by atoms with Gasteiger partial charge in [-0.15, -0.1) is 0 Å². The fourth-order valence-electron chi connectivity index (χ4n) is 3.26. The van der Waals surface area contributed by atoms with Gasteiger partial charge >= 0.3 is 0 Å². The van der Waals surface area contributed by atoms with Gasteiger partial charge < -0.3 is 10.0 Å². The highest BCUT2D eigenvalue weighted by molar-refractivity contribution is 5.59. The molecule has 3 rings (SSSR count). The molecule has 0 aliphatic carbocycles. The molecule has 1 aliphatic heterocycles. The third-order valence-corrected chi connectivity index (χ3v) is 4.57. The Morgan fingerprint density at radius 2 is 1.71 bits per heavy atom. The molecular weight excluding hydrogens is 298 g/mol. The molecule has 0 amide bonds. The van der Waals surface area contributed by atoms with E-state index in [1.165, 1.54) is 0 Å². The molecule has 124 valence electrons. The first kappa shape index (κ1) is 16.5. The SMILES string of the molecule is N#Cc1ccccc1N1CCCN(CC(O)c2ccccc2)CC1. The van der Waals surface area contributed by atoms with Gasteiger partial charge in [-0.05, 0) is 24.1 Å². The summed E-state index contributed by atoms with van der Waals surface area (Å²) in [6.07, 6.45) is 0.575. The quantitative estimate of drug-likeness (QED) is 0.941. The van der Waals surface area contributed by atoms with Crippen molar-refractivity contribution in [2.45, 2.75) is 12.5 Å².